The van der Waals surface area contributed by atoms with Crippen molar-refractivity contribution in [3.63, 3.8) is 0 Å². The Kier molecular flexibility index (Phi) is 7.51. The highest BCUT2D eigenvalue weighted by Gasteiger charge is 2.33. The molecule has 1 amide bonds. The topological polar surface area (TPSA) is 93.9 Å². The summed E-state index contributed by atoms with van der Waals surface area (Å²) in [6, 6.07) is 16.2. The zero-order valence-corrected chi connectivity index (χ0v) is 20.2. The molecule has 0 aliphatic carbocycles. The number of carbonyl (C=O) groups is 1. The summed E-state index contributed by atoms with van der Waals surface area (Å²) in [5.74, 6) is -0.141. The van der Waals surface area contributed by atoms with E-state index in [4.69, 9.17) is 10.00 Å². The zero-order chi connectivity index (χ0) is 24.1. The standard InChI is InChI=1S/C25H30N4O4S/c1-27(19-21-2-6-23(7-3-21)28-14-16-33-17-15-28)25(30)22-10-12-29(13-11-22)34(31,32)24-8-4-20(18-26)5-9-24/h2-9,22H,10-17,19H2,1H3. The summed E-state index contributed by atoms with van der Waals surface area (Å²) in [6.07, 6.45) is 0.989. The van der Waals surface area contributed by atoms with Gasteiger partial charge in [0.1, 0.15) is 0 Å². The average Bonchev–Trinajstić information content (AvgIpc) is 2.89. The highest BCUT2D eigenvalue weighted by atomic mass is 32.2. The Morgan fingerprint density at radius 1 is 1.03 bits per heavy atom. The van der Waals surface area contributed by atoms with Gasteiger partial charge in [-0.2, -0.15) is 9.57 Å². The number of carbonyl (C=O) groups excluding carboxylic acids is 1. The van der Waals surface area contributed by atoms with Gasteiger partial charge in [-0.05, 0) is 54.8 Å². The van der Waals surface area contributed by atoms with E-state index in [2.05, 4.69) is 29.2 Å². The lowest BCUT2D eigenvalue weighted by molar-refractivity contribution is -0.135. The predicted molar refractivity (Wildman–Crippen MR) is 129 cm³/mol. The minimum Gasteiger partial charge on any atom is -0.378 e. The Morgan fingerprint density at radius 3 is 2.24 bits per heavy atom. The Bertz CT molecular complexity index is 1130. The molecule has 0 aromatic heterocycles. The van der Waals surface area contributed by atoms with E-state index in [0.29, 0.717) is 38.0 Å². The minimum atomic E-state index is -3.63. The van der Waals surface area contributed by atoms with Crippen molar-refractivity contribution in [3.8, 4) is 6.07 Å². The van der Waals surface area contributed by atoms with Crippen LogP contribution in [0.15, 0.2) is 53.4 Å². The van der Waals surface area contributed by atoms with Crippen LogP contribution >= 0.6 is 0 Å². The zero-order valence-electron chi connectivity index (χ0n) is 19.4. The summed E-state index contributed by atoms with van der Waals surface area (Å²) >= 11 is 0. The van der Waals surface area contributed by atoms with Crippen molar-refractivity contribution in [3.05, 3.63) is 59.7 Å². The van der Waals surface area contributed by atoms with Gasteiger partial charge < -0.3 is 14.5 Å². The van der Waals surface area contributed by atoms with E-state index < -0.39 is 10.0 Å². The Hall–Kier alpha value is -2.93. The van der Waals surface area contributed by atoms with Crippen LogP contribution in [0, 0.1) is 17.2 Å². The maximum Gasteiger partial charge on any atom is 0.243 e. The molecule has 2 fully saturated rings. The number of ether oxygens (including phenoxy) is 1. The van der Waals surface area contributed by atoms with Crippen LogP contribution in [0.2, 0.25) is 0 Å². The molecule has 8 nitrogen and oxygen atoms in total. The van der Waals surface area contributed by atoms with Crippen LogP contribution in [0.4, 0.5) is 5.69 Å². The summed E-state index contributed by atoms with van der Waals surface area (Å²) in [5, 5.41) is 8.91. The molecule has 0 unspecified atom stereocenters. The van der Waals surface area contributed by atoms with Crippen LogP contribution in [0.5, 0.6) is 0 Å². The Balaban J connectivity index is 1.30. The van der Waals surface area contributed by atoms with Gasteiger partial charge in [0.05, 0.1) is 29.7 Å². The second-order valence-electron chi connectivity index (χ2n) is 8.77. The molecule has 0 N–H and O–H groups in total. The van der Waals surface area contributed by atoms with Crippen molar-refractivity contribution in [2.45, 2.75) is 24.3 Å². The maximum atomic E-state index is 13.0. The number of nitriles is 1. The van der Waals surface area contributed by atoms with Crippen LogP contribution in [0.3, 0.4) is 0 Å². The molecule has 2 saturated heterocycles. The Labute approximate surface area is 201 Å². The van der Waals surface area contributed by atoms with Gasteiger partial charge in [0.15, 0.2) is 0 Å². The third-order valence-electron chi connectivity index (χ3n) is 6.53. The molecule has 4 rings (SSSR count). The first-order chi connectivity index (χ1) is 16.4. The number of hydrogen-bond acceptors (Lipinski definition) is 6. The predicted octanol–water partition coefficient (Wildman–Crippen LogP) is 2.45. The van der Waals surface area contributed by atoms with Gasteiger partial charge in [-0.1, -0.05) is 12.1 Å². The number of rotatable bonds is 6. The molecule has 2 heterocycles. The fourth-order valence-corrected chi connectivity index (χ4v) is 5.96. The SMILES string of the molecule is CN(Cc1ccc(N2CCOCC2)cc1)C(=O)C1CCN(S(=O)(=O)c2ccc(C#N)cc2)CC1. The smallest absolute Gasteiger partial charge is 0.243 e. The first kappa shape index (κ1) is 24.2. The van der Waals surface area contributed by atoms with Crippen LogP contribution in [0.1, 0.15) is 24.0 Å². The third kappa shape index (κ3) is 5.41. The van der Waals surface area contributed by atoms with Crippen LogP contribution < -0.4 is 4.90 Å². The van der Waals surface area contributed by atoms with Crippen molar-refractivity contribution < 1.29 is 17.9 Å². The van der Waals surface area contributed by atoms with Crippen LogP contribution in [0.25, 0.3) is 0 Å². The largest absolute Gasteiger partial charge is 0.378 e. The summed E-state index contributed by atoms with van der Waals surface area (Å²) in [6.45, 7) is 4.39. The maximum absolute atomic E-state index is 13.0. The number of nitrogens with zero attached hydrogens (tertiary/aromatic N) is 4. The monoisotopic (exact) mass is 482 g/mol. The molecule has 180 valence electrons. The van der Waals surface area contributed by atoms with Gasteiger partial charge in [0.2, 0.25) is 15.9 Å². The van der Waals surface area contributed by atoms with Crippen molar-refractivity contribution in [1.82, 2.24) is 9.21 Å². The number of anilines is 1. The molecule has 0 radical (unpaired) electrons. The highest BCUT2D eigenvalue weighted by Crippen LogP contribution is 2.26. The minimum absolute atomic E-state index is 0.0488. The summed E-state index contributed by atoms with van der Waals surface area (Å²) < 4.78 is 32.7. The normalized spacial score (nSPS) is 17.8. The van der Waals surface area contributed by atoms with Gasteiger partial charge in [-0.25, -0.2) is 8.42 Å². The van der Waals surface area contributed by atoms with Crippen molar-refractivity contribution >= 4 is 21.6 Å². The van der Waals surface area contributed by atoms with E-state index in [-0.39, 0.29) is 16.7 Å². The Morgan fingerprint density at radius 2 is 1.65 bits per heavy atom. The van der Waals surface area contributed by atoms with E-state index in [1.807, 2.05) is 6.07 Å². The fourth-order valence-electron chi connectivity index (χ4n) is 4.49. The molecule has 2 aliphatic rings. The highest BCUT2D eigenvalue weighted by molar-refractivity contribution is 7.89. The number of hydrogen-bond donors (Lipinski definition) is 0. The molecule has 2 aliphatic heterocycles. The molecule has 0 atom stereocenters. The molecule has 2 aromatic carbocycles. The molecule has 0 saturated carbocycles. The van der Waals surface area contributed by atoms with E-state index in [1.165, 1.54) is 28.6 Å². The average molecular weight is 483 g/mol. The number of amides is 1. The molecule has 2 aromatic rings. The molecule has 9 heteroatoms. The van der Waals surface area contributed by atoms with Gasteiger partial charge in [-0.3, -0.25) is 4.79 Å². The van der Waals surface area contributed by atoms with Gasteiger partial charge >= 0.3 is 0 Å². The fraction of sp³-hybridized carbons (Fsp3) is 0.440. The van der Waals surface area contributed by atoms with E-state index in [1.54, 1.807) is 11.9 Å². The number of morpholine rings is 1. The number of benzene rings is 2. The van der Waals surface area contributed by atoms with E-state index in [9.17, 15) is 13.2 Å². The van der Waals surface area contributed by atoms with E-state index >= 15 is 0 Å². The first-order valence-electron chi connectivity index (χ1n) is 11.6. The van der Waals surface area contributed by atoms with Gasteiger partial charge in [0, 0.05) is 51.4 Å². The summed E-state index contributed by atoms with van der Waals surface area (Å²) in [5.41, 5.74) is 2.65. The van der Waals surface area contributed by atoms with Crippen LogP contribution in [-0.2, 0) is 26.1 Å². The van der Waals surface area contributed by atoms with E-state index in [0.717, 1.165) is 37.6 Å². The molecule has 0 spiro atoms. The molecular formula is C25H30N4O4S. The first-order valence-corrected chi connectivity index (χ1v) is 13.0. The quantitative estimate of drug-likeness (QED) is 0.628. The summed E-state index contributed by atoms with van der Waals surface area (Å²) in [7, 11) is -1.83. The van der Waals surface area contributed by atoms with Crippen molar-refractivity contribution in [1.29, 1.82) is 5.26 Å². The van der Waals surface area contributed by atoms with Gasteiger partial charge in [0.25, 0.3) is 0 Å². The number of piperidine rings is 1. The second-order valence-corrected chi connectivity index (χ2v) is 10.7. The lowest BCUT2D eigenvalue weighted by Crippen LogP contribution is -2.43. The summed E-state index contributed by atoms with van der Waals surface area (Å²) in [4.78, 5) is 17.2. The lowest BCUT2D eigenvalue weighted by atomic mass is 9.96. The van der Waals surface area contributed by atoms with Gasteiger partial charge in [-0.15, -0.1) is 0 Å². The third-order valence-corrected chi connectivity index (χ3v) is 8.45. The van der Waals surface area contributed by atoms with Crippen LogP contribution in [-0.4, -0.2) is 70.0 Å². The molecular weight excluding hydrogens is 452 g/mol. The lowest BCUT2D eigenvalue weighted by Gasteiger charge is -2.32. The molecule has 0 bridgehead atoms. The van der Waals surface area contributed by atoms with Crippen molar-refractivity contribution in [2.24, 2.45) is 5.92 Å². The number of sulfonamides is 1. The second kappa shape index (κ2) is 10.6. The van der Waals surface area contributed by atoms with Crippen molar-refractivity contribution in [2.75, 3.05) is 51.3 Å². The molecule has 34 heavy (non-hydrogen) atoms.